The number of ether oxygens (including phenoxy) is 1. The smallest absolute Gasteiger partial charge is 0.194 e. The van der Waals surface area contributed by atoms with Crippen LogP contribution in [0.5, 0.6) is 5.75 Å². The lowest BCUT2D eigenvalue weighted by atomic mass is 10.0. The first-order chi connectivity index (χ1) is 13.1. The molecule has 27 heavy (non-hydrogen) atoms. The van der Waals surface area contributed by atoms with E-state index in [1.165, 1.54) is 0 Å². The summed E-state index contributed by atoms with van der Waals surface area (Å²) in [7, 11) is 0. The van der Waals surface area contributed by atoms with Crippen LogP contribution in [0.2, 0.25) is 0 Å². The van der Waals surface area contributed by atoms with E-state index in [2.05, 4.69) is 35.9 Å². The Morgan fingerprint density at radius 3 is 2.48 bits per heavy atom. The lowest BCUT2D eigenvalue weighted by molar-refractivity contribution is 0.0266. The molecule has 0 radical (unpaired) electrons. The molecule has 1 aliphatic rings. The van der Waals surface area contributed by atoms with Gasteiger partial charge in [-0.2, -0.15) is 0 Å². The summed E-state index contributed by atoms with van der Waals surface area (Å²) >= 11 is 0. The first kappa shape index (κ1) is 21.4. The van der Waals surface area contributed by atoms with E-state index in [0.717, 1.165) is 63.9 Å². The lowest BCUT2D eigenvalue weighted by Gasteiger charge is -2.38. The van der Waals surface area contributed by atoms with E-state index in [-0.39, 0.29) is 6.10 Å². The molecule has 1 unspecified atom stereocenters. The number of hydrogen-bond donors (Lipinski definition) is 2. The van der Waals surface area contributed by atoms with Crippen LogP contribution >= 0.6 is 0 Å². The molecule has 1 aliphatic heterocycles. The fraction of sp³-hybridized carbons (Fsp3) is 0.667. The summed E-state index contributed by atoms with van der Waals surface area (Å²) in [5, 5.41) is 13.5. The normalized spacial score (nSPS) is 16.7. The highest BCUT2D eigenvalue weighted by Crippen LogP contribution is 2.27. The van der Waals surface area contributed by atoms with Gasteiger partial charge in [0.05, 0.1) is 11.8 Å². The highest BCUT2D eigenvalue weighted by Gasteiger charge is 2.21. The van der Waals surface area contributed by atoms with Crippen LogP contribution in [-0.4, -0.2) is 67.9 Å². The van der Waals surface area contributed by atoms with Crippen molar-refractivity contribution in [2.24, 2.45) is 10.9 Å². The predicted octanol–water partition coefficient (Wildman–Crippen LogP) is 2.93. The molecule has 2 rings (SSSR count). The van der Waals surface area contributed by atoms with Gasteiger partial charge in [-0.25, -0.2) is 0 Å². The van der Waals surface area contributed by atoms with Crippen LogP contribution in [0.25, 0.3) is 0 Å². The zero-order chi connectivity index (χ0) is 19.6. The Labute approximate surface area is 164 Å². The number of nitrogens with zero attached hydrogens (tertiary/aromatic N) is 3. The van der Waals surface area contributed by atoms with Gasteiger partial charge in [0, 0.05) is 45.9 Å². The first-order valence-electron chi connectivity index (χ1n) is 10.2. The molecule has 1 aromatic rings. The second kappa shape index (κ2) is 11.0. The number of guanidine groups is 1. The molecule has 1 aromatic carbocycles. The Morgan fingerprint density at radius 1 is 1.19 bits per heavy atom. The van der Waals surface area contributed by atoms with Gasteiger partial charge in [0.1, 0.15) is 5.75 Å². The third-order valence-corrected chi connectivity index (χ3v) is 4.94. The number of phenols is 1. The van der Waals surface area contributed by atoms with Gasteiger partial charge in [0.15, 0.2) is 5.96 Å². The molecular weight excluding hydrogens is 340 g/mol. The summed E-state index contributed by atoms with van der Waals surface area (Å²) in [4.78, 5) is 9.39. The molecule has 1 atom stereocenters. The maximum atomic E-state index is 10.1. The monoisotopic (exact) mass is 376 g/mol. The van der Waals surface area contributed by atoms with Crippen LogP contribution in [0.15, 0.2) is 29.3 Å². The fourth-order valence-electron chi connectivity index (χ4n) is 3.44. The zero-order valence-electron chi connectivity index (χ0n) is 17.3. The number of benzene rings is 1. The molecule has 6 nitrogen and oxygen atoms in total. The van der Waals surface area contributed by atoms with E-state index in [9.17, 15) is 5.11 Å². The van der Waals surface area contributed by atoms with Crippen LogP contribution < -0.4 is 10.2 Å². The van der Waals surface area contributed by atoms with Crippen LogP contribution in [0.4, 0.5) is 5.69 Å². The van der Waals surface area contributed by atoms with Crippen LogP contribution in [-0.2, 0) is 4.74 Å². The minimum Gasteiger partial charge on any atom is -0.506 e. The Balaban J connectivity index is 1.92. The van der Waals surface area contributed by atoms with E-state index in [0.29, 0.717) is 11.7 Å². The predicted molar refractivity (Wildman–Crippen MR) is 113 cm³/mol. The minimum absolute atomic E-state index is 0.263. The number of hydrogen-bond acceptors (Lipinski definition) is 4. The summed E-state index contributed by atoms with van der Waals surface area (Å²) in [6, 6.07) is 7.55. The fourth-order valence-corrected chi connectivity index (χ4v) is 3.44. The molecule has 152 valence electrons. The Bertz CT molecular complexity index is 583. The Kier molecular flexibility index (Phi) is 8.72. The summed E-state index contributed by atoms with van der Waals surface area (Å²) in [5.41, 5.74) is 0.913. The molecule has 1 heterocycles. The van der Waals surface area contributed by atoms with Crippen LogP contribution in [0, 0.1) is 5.92 Å². The third-order valence-electron chi connectivity index (χ3n) is 4.94. The largest absolute Gasteiger partial charge is 0.506 e. The quantitative estimate of drug-likeness (QED) is 0.540. The van der Waals surface area contributed by atoms with Gasteiger partial charge in [-0.15, -0.1) is 0 Å². The van der Waals surface area contributed by atoms with Crippen molar-refractivity contribution in [2.45, 2.75) is 40.2 Å². The van der Waals surface area contributed by atoms with Crippen molar-refractivity contribution in [1.29, 1.82) is 0 Å². The summed E-state index contributed by atoms with van der Waals surface area (Å²) in [6.07, 6.45) is 1.21. The maximum absolute atomic E-state index is 10.1. The topological polar surface area (TPSA) is 60.3 Å². The first-order valence-corrected chi connectivity index (χ1v) is 10.2. The molecule has 0 aliphatic carbocycles. The van der Waals surface area contributed by atoms with Gasteiger partial charge in [-0.3, -0.25) is 4.99 Å². The number of phenolic OH excluding ortho intramolecular Hbond substituents is 1. The van der Waals surface area contributed by atoms with Gasteiger partial charge in [0.2, 0.25) is 0 Å². The van der Waals surface area contributed by atoms with Gasteiger partial charge in [-0.1, -0.05) is 26.0 Å². The minimum atomic E-state index is 0.263. The van der Waals surface area contributed by atoms with Crippen molar-refractivity contribution in [1.82, 2.24) is 10.2 Å². The van der Waals surface area contributed by atoms with Crippen molar-refractivity contribution < 1.29 is 9.84 Å². The van der Waals surface area contributed by atoms with Crippen molar-refractivity contribution in [2.75, 3.05) is 50.8 Å². The number of para-hydroxylation sites is 2. The molecule has 1 saturated heterocycles. The molecule has 0 aromatic heterocycles. The van der Waals surface area contributed by atoms with Crippen molar-refractivity contribution in [3.8, 4) is 5.75 Å². The number of piperazine rings is 1. The standard InChI is InChI=1S/C21H36N4O2/c1-5-22-21(23-12-11-20(17(3)4)27-6-2)25-15-13-24(14-16-25)18-9-7-8-10-19(18)26/h7-10,17,20,26H,5-6,11-16H2,1-4H3,(H,22,23). The van der Waals surface area contributed by atoms with Crippen molar-refractivity contribution >= 4 is 11.6 Å². The average molecular weight is 377 g/mol. The number of aromatic hydroxyl groups is 1. The van der Waals surface area contributed by atoms with Gasteiger partial charge >= 0.3 is 0 Å². The molecular formula is C21H36N4O2. The van der Waals surface area contributed by atoms with E-state index in [1.807, 2.05) is 25.1 Å². The van der Waals surface area contributed by atoms with Crippen molar-refractivity contribution in [3.63, 3.8) is 0 Å². The molecule has 2 N–H and O–H groups in total. The molecule has 0 amide bonds. The summed E-state index contributed by atoms with van der Waals surface area (Å²) < 4.78 is 5.83. The van der Waals surface area contributed by atoms with Gasteiger partial charge in [0.25, 0.3) is 0 Å². The number of aliphatic imine (C=N–C) groups is 1. The molecule has 0 bridgehead atoms. The van der Waals surface area contributed by atoms with E-state index < -0.39 is 0 Å². The van der Waals surface area contributed by atoms with E-state index >= 15 is 0 Å². The second-order valence-electron chi connectivity index (χ2n) is 7.22. The third kappa shape index (κ3) is 6.31. The SMILES string of the molecule is CCNC(=NCCC(OCC)C(C)C)N1CCN(c2ccccc2O)CC1. The van der Waals surface area contributed by atoms with E-state index in [4.69, 9.17) is 9.73 Å². The van der Waals surface area contributed by atoms with Crippen molar-refractivity contribution in [3.05, 3.63) is 24.3 Å². The molecule has 6 heteroatoms. The summed E-state index contributed by atoms with van der Waals surface area (Å²) in [5.74, 6) is 1.83. The van der Waals surface area contributed by atoms with Gasteiger partial charge < -0.3 is 25.0 Å². The second-order valence-corrected chi connectivity index (χ2v) is 7.22. The Morgan fingerprint density at radius 2 is 1.89 bits per heavy atom. The highest BCUT2D eigenvalue weighted by atomic mass is 16.5. The number of nitrogens with one attached hydrogen (secondary N) is 1. The highest BCUT2D eigenvalue weighted by molar-refractivity contribution is 5.80. The van der Waals surface area contributed by atoms with Crippen LogP contribution in [0.3, 0.4) is 0 Å². The maximum Gasteiger partial charge on any atom is 0.194 e. The number of rotatable bonds is 8. The summed E-state index contributed by atoms with van der Waals surface area (Å²) in [6.45, 7) is 14.4. The van der Waals surface area contributed by atoms with E-state index in [1.54, 1.807) is 6.07 Å². The number of anilines is 1. The molecule has 1 fully saturated rings. The molecule has 0 spiro atoms. The van der Waals surface area contributed by atoms with Gasteiger partial charge in [-0.05, 0) is 38.3 Å². The van der Waals surface area contributed by atoms with Crippen LogP contribution in [0.1, 0.15) is 34.1 Å². The average Bonchev–Trinajstić information content (AvgIpc) is 2.67. The lowest BCUT2D eigenvalue weighted by Crippen LogP contribution is -2.52. The Hall–Kier alpha value is -1.95. The zero-order valence-corrected chi connectivity index (χ0v) is 17.3. The molecule has 0 saturated carbocycles.